The van der Waals surface area contributed by atoms with Gasteiger partial charge in [-0.15, -0.1) is 0 Å². The molecule has 2 atom stereocenters. The van der Waals surface area contributed by atoms with E-state index in [9.17, 15) is 9.59 Å². The van der Waals surface area contributed by atoms with Gasteiger partial charge in [-0.05, 0) is 25.2 Å². The van der Waals surface area contributed by atoms with Gasteiger partial charge in [0.15, 0.2) is 0 Å². The molecule has 0 spiro atoms. The van der Waals surface area contributed by atoms with Crippen molar-refractivity contribution in [2.45, 2.75) is 57.9 Å². The van der Waals surface area contributed by atoms with Crippen molar-refractivity contribution in [1.82, 2.24) is 4.90 Å². The first-order chi connectivity index (χ1) is 8.02. The zero-order valence-corrected chi connectivity index (χ0v) is 10.8. The van der Waals surface area contributed by atoms with E-state index < -0.39 is 5.97 Å². The number of hydrogen-bond acceptors (Lipinski definition) is 2. The van der Waals surface area contributed by atoms with Gasteiger partial charge in [-0.25, -0.2) is 0 Å². The number of rotatable bonds is 5. The van der Waals surface area contributed by atoms with Gasteiger partial charge in [0.1, 0.15) is 0 Å². The van der Waals surface area contributed by atoms with Gasteiger partial charge in [0.05, 0.1) is 0 Å². The van der Waals surface area contributed by atoms with Crippen LogP contribution < -0.4 is 0 Å². The highest BCUT2D eigenvalue weighted by molar-refractivity contribution is 5.77. The number of aliphatic carboxylic acids is 1. The predicted molar refractivity (Wildman–Crippen MR) is 65.7 cm³/mol. The first kappa shape index (κ1) is 14.0. The van der Waals surface area contributed by atoms with E-state index in [1.807, 2.05) is 11.9 Å². The molecule has 4 nitrogen and oxygen atoms in total. The van der Waals surface area contributed by atoms with Crippen molar-refractivity contribution >= 4 is 11.9 Å². The monoisotopic (exact) mass is 241 g/mol. The Bertz CT molecular complexity index is 278. The van der Waals surface area contributed by atoms with E-state index in [2.05, 4.69) is 6.92 Å². The molecule has 17 heavy (non-hydrogen) atoms. The lowest BCUT2D eigenvalue weighted by Gasteiger charge is -2.36. The number of carbonyl (C=O) groups excluding carboxylic acids is 1. The third-order valence-electron chi connectivity index (χ3n) is 3.74. The molecule has 1 saturated carbocycles. The lowest BCUT2D eigenvalue weighted by atomic mass is 9.85. The molecule has 1 aliphatic rings. The highest BCUT2D eigenvalue weighted by Crippen LogP contribution is 2.27. The van der Waals surface area contributed by atoms with Crippen LogP contribution in [0.1, 0.15) is 51.9 Å². The molecule has 1 amide bonds. The average molecular weight is 241 g/mol. The van der Waals surface area contributed by atoms with Crippen molar-refractivity contribution in [2.24, 2.45) is 5.92 Å². The standard InChI is InChI=1S/C13H23NO3/c1-10-6-3-4-7-11(10)14(2)12(15)8-5-9-13(16)17/h10-11H,3-9H2,1-2H3,(H,16,17). The van der Waals surface area contributed by atoms with Crippen molar-refractivity contribution in [1.29, 1.82) is 0 Å². The van der Waals surface area contributed by atoms with Gasteiger partial charge >= 0.3 is 5.97 Å². The summed E-state index contributed by atoms with van der Waals surface area (Å²) in [6.45, 7) is 2.20. The van der Waals surface area contributed by atoms with Gasteiger partial charge in [0.2, 0.25) is 5.91 Å². The summed E-state index contributed by atoms with van der Waals surface area (Å²) in [7, 11) is 1.86. The zero-order valence-electron chi connectivity index (χ0n) is 10.8. The predicted octanol–water partition coefficient (Wildman–Crippen LogP) is 2.28. The highest BCUT2D eigenvalue weighted by atomic mass is 16.4. The zero-order chi connectivity index (χ0) is 12.8. The van der Waals surface area contributed by atoms with Gasteiger partial charge in [-0.3, -0.25) is 9.59 Å². The van der Waals surface area contributed by atoms with Crippen molar-refractivity contribution in [2.75, 3.05) is 7.05 Å². The van der Waals surface area contributed by atoms with Crippen LogP contribution in [0, 0.1) is 5.92 Å². The summed E-state index contributed by atoms with van der Waals surface area (Å²) in [5.74, 6) is -0.173. The SMILES string of the molecule is CC1CCCCC1N(C)C(=O)CCCC(=O)O. The van der Waals surface area contributed by atoms with Crippen LogP contribution in [-0.4, -0.2) is 35.0 Å². The Morgan fingerprint density at radius 3 is 2.47 bits per heavy atom. The van der Waals surface area contributed by atoms with Crippen LogP contribution in [0.4, 0.5) is 0 Å². The maximum absolute atomic E-state index is 11.9. The number of carbonyl (C=O) groups is 2. The number of carboxylic acids is 1. The van der Waals surface area contributed by atoms with Crippen LogP contribution in [0.15, 0.2) is 0 Å². The van der Waals surface area contributed by atoms with Crippen molar-refractivity contribution in [3.63, 3.8) is 0 Å². The largest absolute Gasteiger partial charge is 0.481 e. The molecule has 0 aromatic carbocycles. The van der Waals surface area contributed by atoms with Crippen molar-refractivity contribution in [3.05, 3.63) is 0 Å². The Labute approximate surface area is 103 Å². The molecule has 98 valence electrons. The smallest absolute Gasteiger partial charge is 0.303 e. The number of hydrogen-bond donors (Lipinski definition) is 1. The maximum atomic E-state index is 11.9. The minimum Gasteiger partial charge on any atom is -0.481 e. The molecule has 1 fully saturated rings. The van der Waals surface area contributed by atoms with Gasteiger partial charge in [0.25, 0.3) is 0 Å². The van der Waals surface area contributed by atoms with Crippen molar-refractivity contribution in [3.8, 4) is 0 Å². The molecule has 0 saturated heterocycles. The maximum Gasteiger partial charge on any atom is 0.303 e. The van der Waals surface area contributed by atoms with Crippen LogP contribution in [-0.2, 0) is 9.59 Å². The van der Waals surface area contributed by atoms with E-state index in [1.54, 1.807) is 0 Å². The fraction of sp³-hybridized carbons (Fsp3) is 0.846. The summed E-state index contributed by atoms with van der Waals surface area (Å²) in [6.07, 6.45) is 5.62. The topological polar surface area (TPSA) is 57.6 Å². The Morgan fingerprint density at radius 1 is 1.24 bits per heavy atom. The van der Waals surface area contributed by atoms with E-state index in [4.69, 9.17) is 5.11 Å². The van der Waals surface area contributed by atoms with Gasteiger partial charge in [-0.1, -0.05) is 19.8 Å². The van der Waals surface area contributed by atoms with Gasteiger partial charge < -0.3 is 10.0 Å². The molecular formula is C13H23NO3. The molecular weight excluding hydrogens is 218 g/mol. The van der Waals surface area contributed by atoms with E-state index in [0.717, 1.165) is 6.42 Å². The van der Waals surface area contributed by atoms with E-state index in [-0.39, 0.29) is 12.3 Å². The molecule has 2 unspecified atom stereocenters. The Hall–Kier alpha value is -1.06. The quantitative estimate of drug-likeness (QED) is 0.803. The molecule has 4 heteroatoms. The third-order valence-corrected chi connectivity index (χ3v) is 3.74. The summed E-state index contributed by atoms with van der Waals surface area (Å²) in [5, 5.41) is 8.53. The summed E-state index contributed by atoms with van der Waals surface area (Å²) in [6, 6.07) is 0.348. The Balaban J connectivity index is 2.37. The molecule has 1 rings (SSSR count). The van der Waals surface area contributed by atoms with Crippen LogP contribution in [0.2, 0.25) is 0 Å². The number of nitrogens with zero attached hydrogens (tertiary/aromatic N) is 1. The van der Waals surface area contributed by atoms with E-state index >= 15 is 0 Å². The lowest BCUT2D eigenvalue weighted by molar-refractivity contribution is -0.137. The normalized spacial score (nSPS) is 24.4. The second-order valence-electron chi connectivity index (χ2n) is 5.08. The van der Waals surface area contributed by atoms with Crippen LogP contribution >= 0.6 is 0 Å². The molecule has 0 bridgehead atoms. The van der Waals surface area contributed by atoms with Gasteiger partial charge in [0, 0.05) is 25.9 Å². The van der Waals surface area contributed by atoms with Crippen LogP contribution in [0.3, 0.4) is 0 Å². The molecule has 1 aliphatic carbocycles. The summed E-state index contributed by atoms with van der Waals surface area (Å²) >= 11 is 0. The number of amides is 1. The lowest BCUT2D eigenvalue weighted by Crippen LogP contribution is -2.42. The summed E-state index contributed by atoms with van der Waals surface area (Å²) in [5.41, 5.74) is 0. The molecule has 0 radical (unpaired) electrons. The first-order valence-corrected chi connectivity index (χ1v) is 6.50. The van der Waals surface area contributed by atoms with E-state index in [0.29, 0.717) is 24.8 Å². The highest BCUT2D eigenvalue weighted by Gasteiger charge is 2.27. The Kier molecular flexibility index (Phi) is 5.45. The third kappa shape index (κ3) is 4.36. The second kappa shape index (κ2) is 6.62. The first-order valence-electron chi connectivity index (χ1n) is 6.50. The molecule has 0 aliphatic heterocycles. The molecule has 0 aromatic heterocycles. The van der Waals surface area contributed by atoms with Crippen LogP contribution in [0.5, 0.6) is 0 Å². The fourth-order valence-corrected chi connectivity index (χ4v) is 2.62. The molecule has 1 N–H and O–H groups in total. The summed E-state index contributed by atoms with van der Waals surface area (Å²) in [4.78, 5) is 24.1. The van der Waals surface area contributed by atoms with E-state index in [1.165, 1.54) is 19.3 Å². The number of carboxylic acid groups (broad SMARTS) is 1. The molecule has 0 aromatic rings. The summed E-state index contributed by atoms with van der Waals surface area (Å²) < 4.78 is 0. The Morgan fingerprint density at radius 2 is 1.88 bits per heavy atom. The minimum absolute atomic E-state index is 0.0831. The average Bonchev–Trinajstić information content (AvgIpc) is 2.28. The van der Waals surface area contributed by atoms with Crippen LogP contribution in [0.25, 0.3) is 0 Å². The van der Waals surface area contributed by atoms with Gasteiger partial charge in [-0.2, -0.15) is 0 Å². The van der Waals surface area contributed by atoms with Crippen molar-refractivity contribution < 1.29 is 14.7 Å². The minimum atomic E-state index is -0.827. The molecule has 0 heterocycles. The fourth-order valence-electron chi connectivity index (χ4n) is 2.62. The second-order valence-corrected chi connectivity index (χ2v) is 5.08.